The predicted octanol–water partition coefficient (Wildman–Crippen LogP) is 8.40. The first-order chi connectivity index (χ1) is 23.8. The standard InChI is InChI=1S/C38H38Cl2N6O4/c1-19-15-24(16-20(2)33(19)40)50-14-8-9-25-26-10-11-28(39)32(31-22(4)42-44(7)23(31)5)34(26)46-21(3)18-45(37(47)35(25)46)30-17-29(38(48)49)41-36-27(30)12-13-43(36)6/h10-13,15-17,21H,8-9,14,18H2,1-7H3,(H,48,49)/t21-/m1/s1. The third kappa shape index (κ3) is 5.32. The van der Waals surface area contributed by atoms with Crippen LogP contribution in [0.4, 0.5) is 5.69 Å². The summed E-state index contributed by atoms with van der Waals surface area (Å²) in [5.41, 5.74) is 8.73. The van der Waals surface area contributed by atoms with Crippen LogP contribution < -0.4 is 9.64 Å². The maximum atomic E-state index is 15.0. The fraction of sp³-hybridized carbons (Fsp3) is 0.316. The summed E-state index contributed by atoms with van der Waals surface area (Å²) in [5.74, 6) is -0.623. The third-order valence-electron chi connectivity index (χ3n) is 9.89. The third-order valence-corrected chi connectivity index (χ3v) is 10.8. The van der Waals surface area contributed by atoms with Crippen molar-refractivity contribution in [1.82, 2.24) is 23.9 Å². The van der Waals surface area contributed by atoms with Gasteiger partial charge in [0.1, 0.15) is 17.1 Å². The van der Waals surface area contributed by atoms with Crippen molar-refractivity contribution in [2.45, 2.75) is 53.5 Å². The molecule has 2 aromatic carbocycles. The number of aryl methyl sites for hydroxylation is 6. The van der Waals surface area contributed by atoms with Crippen molar-refractivity contribution in [2.24, 2.45) is 14.1 Å². The van der Waals surface area contributed by atoms with Crippen molar-refractivity contribution >= 4 is 62.7 Å². The summed E-state index contributed by atoms with van der Waals surface area (Å²) >= 11 is 13.4. The van der Waals surface area contributed by atoms with Crippen LogP contribution in [0.5, 0.6) is 5.75 Å². The highest BCUT2D eigenvalue weighted by Gasteiger charge is 2.37. The molecule has 4 aromatic heterocycles. The van der Waals surface area contributed by atoms with Crippen molar-refractivity contribution < 1.29 is 19.4 Å². The molecule has 50 heavy (non-hydrogen) atoms. The second-order valence-corrected chi connectivity index (χ2v) is 14.1. The number of fused-ring (bicyclic) bond motifs is 4. The first-order valence-electron chi connectivity index (χ1n) is 16.5. The lowest BCUT2D eigenvalue weighted by Crippen LogP contribution is -2.43. The summed E-state index contributed by atoms with van der Waals surface area (Å²) in [6, 6.07) is 11.0. The molecule has 0 aliphatic carbocycles. The fourth-order valence-electron chi connectivity index (χ4n) is 7.48. The van der Waals surface area contributed by atoms with Gasteiger partial charge in [0.25, 0.3) is 5.91 Å². The number of amides is 1. The quantitative estimate of drug-likeness (QED) is 0.159. The molecule has 0 radical (unpaired) electrons. The molecule has 0 saturated heterocycles. The van der Waals surface area contributed by atoms with Crippen LogP contribution in [0.2, 0.25) is 10.0 Å². The SMILES string of the molecule is Cc1cc(OCCCc2c3n(c4c(-c5c(C)nn(C)c5C)c(Cl)ccc24)[C@H](C)CN(c2cc(C(=O)O)nc4c2ccn4C)C3=O)cc(C)c1Cl. The number of carbonyl (C=O) groups excluding carboxylic acids is 1. The Morgan fingerprint density at radius 3 is 2.40 bits per heavy atom. The summed E-state index contributed by atoms with van der Waals surface area (Å²) in [6.45, 7) is 10.7. The number of halogens is 2. The van der Waals surface area contributed by atoms with Crippen molar-refractivity contribution in [2.75, 3.05) is 18.1 Å². The molecule has 1 aliphatic rings. The summed E-state index contributed by atoms with van der Waals surface area (Å²) < 4.78 is 11.9. The Kier molecular flexibility index (Phi) is 8.43. The molecule has 0 saturated carbocycles. The van der Waals surface area contributed by atoms with E-state index in [1.54, 1.807) is 9.47 Å². The highest BCUT2D eigenvalue weighted by Crippen LogP contribution is 2.45. The number of aromatic nitrogens is 5. The average molecular weight is 714 g/mol. The van der Waals surface area contributed by atoms with E-state index in [9.17, 15) is 14.7 Å². The van der Waals surface area contributed by atoms with Crippen LogP contribution >= 0.6 is 23.2 Å². The van der Waals surface area contributed by atoms with Gasteiger partial charge in [0.05, 0.1) is 28.5 Å². The molecular weight excluding hydrogens is 675 g/mol. The summed E-state index contributed by atoms with van der Waals surface area (Å²) in [7, 11) is 3.72. The van der Waals surface area contributed by atoms with Gasteiger partial charge in [-0.2, -0.15) is 5.10 Å². The average Bonchev–Trinajstić information content (AvgIpc) is 3.70. The molecular formula is C38H38Cl2N6O4. The van der Waals surface area contributed by atoms with Gasteiger partial charge in [-0.25, -0.2) is 9.78 Å². The van der Waals surface area contributed by atoms with Crippen molar-refractivity contribution in [1.29, 1.82) is 0 Å². The minimum atomic E-state index is -1.16. The van der Waals surface area contributed by atoms with Gasteiger partial charge in [0.2, 0.25) is 0 Å². The van der Waals surface area contributed by atoms with Gasteiger partial charge in [0.15, 0.2) is 5.69 Å². The molecule has 0 unspecified atom stereocenters. The fourth-order valence-corrected chi connectivity index (χ4v) is 7.84. The van der Waals surface area contributed by atoms with Crippen LogP contribution in [-0.2, 0) is 20.5 Å². The normalized spacial score (nSPS) is 14.6. The number of rotatable bonds is 8. The summed E-state index contributed by atoms with van der Waals surface area (Å²) in [5, 5.41) is 17.6. The van der Waals surface area contributed by atoms with E-state index in [2.05, 4.69) is 16.5 Å². The van der Waals surface area contributed by atoms with Crippen LogP contribution in [0.15, 0.2) is 42.6 Å². The molecule has 1 aliphatic heterocycles. The lowest BCUT2D eigenvalue weighted by atomic mass is 9.98. The smallest absolute Gasteiger partial charge is 0.354 e. The minimum Gasteiger partial charge on any atom is -0.494 e. The van der Waals surface area contributed by atoms with E-state index in [4.69, 9.17) is 33.0 Å². The zero-order chi connectivity index (χ0) is 35.8. The van der Waals surface area contributed by atoms with E-state index in [1.165, 1.54) is 6.07 Å². The van der Waals surface area contributed by atoms with Crippen LogP contribution in [-0.4, -0.2) is 54.0 Å². The Bertz CT molecular complexity index is 2360. The number of anilines is 1. The zero-order valence-corrected chi connectivity index (χ0v) is 30.6. The molecule has 12 heteroatoms. The number of benzene rings is 2. The van der Waals surface area contributed by atoms with E-state index >= 15 is 0 Å². The largest absolute Gasteiger partial charge is 0.494 e. The van der Waals surface area contributed by atoms with Gasteiger partial charge >= 0.3 is 5.97 Å². The Labute approximate surface area is 299 Å². The molecule has 1 amide bonds. The summed E-state index contributed by atoms with van der Waals surface area (Å²) in [4.78, 5) is 33.2. The summed E-state index contributed by atoms with van der Waals surface area (Å²) in [6.07, 6.45) is 3.02. The lowest BCUT2D eigenvalue weighted by Gasteiger charge is -2.34. The molecule has 0 bridgehead atoms. The number of ether oxygens (including phenoxy) is 1. The Morgan fingerprint density at radius 1 is 1.02 bits per heavy atom. The monoisotopic (exact) mass is 712 g/mol. The maximum absolute atomic E-state index is 15.0. The zero-order valence-electron chi connectivity index (χ0n) is 29.1. The number of nitrogens with zero attached hydrogens (tertiary/aromatic N) is 6. The predicted molar refractivity (Wildman–Crippen MR) is 197 cm³/mol. The van der Waals surface area contributed by atoms with Gasteiger partial charge in [-0.1, -0.05) is 29.3 Å². The van der Waals surface area contributed by atoms with E-state index < -0.39 is 5.97 Å². The lowest BCUT2D eigenvalue weighted by molar-refractivity contribution is 0.0690. The number of carbonyl (C=O) groups is 2. The number of carboxylic acid groups (broad SMARTS) is 1. The molecule has 0 spiro atoms. The second kappa shape index (κ2) is 12.5. The first kappa shape index (κ1) is 33.7. The van der Waals surface area contributed by atoms with Gasteiger partial charge < -0.3 is 23.9 Å². The second-order valence-electron chi connectivity index (χ2n) is 13.3. The van der Waals surface area contributed by atoms with Gasteiger partial charge in [0, 0.05) is 65.5 Å². The number of pyridine rings is 1. The molecule has 6 aromatic rings. The van der Waals surface area contributed by atoms with Crippen LogP contribution in [0.25, 0.3) is 33.1 Å². The Morgan fingerprint density at radius 2 is 1.74 bits per heavy atom. The topological polar surface area (TPSA) is 107 Å². The number of carboxylic acids is 1. The van der Waals surface area contributed by atoms with Crippen molar-refractivity contribution in [3.63, 3.8) is 0 Å². The molecule has 258 valence electrons. The van der Waals surface area contributed by atoms with Crippen LogP contribution in [0, 0.1) is 27.7 Å². The highest BCUT2D eigenvalue weighted by molar-refractivity contribution is 6.35. The van der Waals surface area contributed by atoms with E-state index in [0.29, 0.717) is 53.4 Å². The van der Waals surface area contributed by atoms with Crippen LogP contribution in [0.3, 0.4) is 0 Å². The Hall–Kier alpha value is -4.80. The maximum Gasteiger partial charge on any atom is 0.354 e. The highest BCUT2D eigenvalue weighted by atomic mass is 35.5. The van der Waals surface area contributed by atoms with Gasteiger partial charge in [-0.15, -0.1) is 0 Å². The Balaban J connectivity index is 1.39. The number of aromatic carboxylic acids is 1. The van der Waals surface area contributed by atoms with Gasteiger partial charge in [-0.05, 0) is 94.5 Å². The molecule has 1 atom stereocenters. The van der Waals surface area contributed by atoms with Crippen molar-refractivity contribution in [3.05, 3.63) is 92.1 Å². The molecule has 10 nitrogen and oxygen atoms in total. The van der Waals surface area contributed by atoms with Crippen LogP contribution in [0.1, 0.15) is 68.4 Å². The first-order valence-corrected chi connectivity index (χ1v) is 17.3. The minimum absolute atomic E-state index is 0.123. The molecule has 1 N–H and O–H groups in total. The van der Waals surface area contributed by atoms with E-state index in [1.807, 2.05) is 83.0 Å². The number of hydrogen-bond acceptors (Lipinski definition) is 5. The molecule has 0 fully saturated rings. The van der Waals surface area contributed by atoms with Gasteiger partial charge in [-0.3, -0.25) is 9.48 Å². The number of hydrogen-bond donors (Lipinski definition) is 1. The molecule has 7 rings (SSSR count). The van der Waals surface area contributed by atoms with E-state index in [0.717, 1.165) is 60.9 Å². The molecule has 5 heterocycles. The van der Waals surface area contributed by atoms with E-state index in [-0.39, 0.29) is 17.6 Å². The van der Waals surface area contributed by atoms with Crippen molar-refractivity contribution in [3.8, 4) is 16.9 Å².